The van der Waals surface area contributed by atoms with Crippen molar-refractivity contribution in [3.05, 3.63) is 11.1 Å². The number of nitrogens with two attached hydrogens (primary N) is 1. The Labute approximate surface area is 95.3 Å². The van der Waals surface area contributed by atoms with E-state index in [1.54, 1.807) is 11.3 Å². The number of rotatable bonds is 2. The van der Waals surface area contributed by atoms with Crippen LogP contribution < -0.4 is 5.73 Å². The Hall–Kier alpha value is -0.610. The van der Waals surface area contributed by atoms with Gasteiger partial charge in [0, 0.05) is 30.7 Å². The molecule has 1 fully saturated rings. The van der Waals surface area contributed by atoms with Gasteiger partial charge >= 0.3 is 0 Å². The molecule has 0 spiro atoms. The molecular formula is C11H19N3S. The van der Waals surface area contributed by atoms with E-state index in [2.05, 4.69) is 23.7 Å². The Morgan fingerprint density at radius 2 is 2.13 bits per heavy atom. The van der Waals surface area contributed by atoms with Crippen LogP contribution in [-0.2, 0) is 6.54 Å². The molecule has 2 N–H and O–H groups in total. The van der Waals surface area contributed by atoms with E-state index in [4.69, 9.17) is 5.73 Å². The molecule has 1 saturated heterocycles. The molecule has 0 saturated carbocycles. The Balaban J connectivity index is 1.94. The van der Waals surface area contributed by atoms with Gasteiger partial charge in [-0.25, -0.2) is 4.98 Å². The average molecular weight is 225 g/mol. The van der Waals surface area contributed by atoms with Crippen LogP contribution in [0.1, 0.15) is 25.1 Å². The zero-order valence-electron chi connectivity index (χ0n) is 9.44. The van der Waals surface area contributed by atoms with E-state index in [0.717, 1.165) is 18.4 Å². The van der Waals surface area contributed by atoms with Crippen molar-refractivity contribution in [2.24, 2.45) is 11.8 Å². The van der Waals surface area contributed by atoms with Crippen molar-refractivity contribution >= 4 is 16.5 Å². The van der Waals surface area contributed by atoms with Crippen LogP contribution in [0.25, 0.3) is 0 Å². The molecule has 1 aromatic rings. The molecule has 0 amide bonds. The van der Waals surface area contributed by atoms with Gasteiger partial charge in [0.15, 0.2) is 5.13 Å². The summed E-state index contributed by atoms with van der Waals surface area (Å²) in [6.07, 6.45) is 3.27. The maximum Gasteiger partial charge on any atom is 0.180 e. The van der Waals surface area contributed by atoms with Crippen molar-refractivity contribution in [2.45, 2.75) is 26.8 Å². The number of anilines is 1. The number of aromatic nitrogens is 1. The summed E-state index contributed by atoms with van der Waals surface area (Å²) in [6.45, 7) is 8.11. The van der Waals surface area contributed by atoms with Gasteiger partial charge in [-0.2, -0.15) is 0 Å². The minimum atomic E-state index is 0.683. The van der Waals surface area contributed by atoms with Crippen molar-refractivity contribution in [1.29, 1.82) is 0 Å². The first-order chi connectivity index (χ1) is 7.13. The molecule has 0 radical (unpaired) electrons. The van der Waals surface area contributed by atoms with Crippen LogP contribution in [0.3, 0.4) is 0 Å². The summed E-state index contributed by atoms with van der Waals surface area (Å²) >= 11 is 1.61. The second-order valence-corrected chi connectivity index (χ2v) is 5.95. The van der Waals surface area contributed by atoms with E-state index in [9.17, 15) is 0 Å². The Morgan fingerprint density at radius 1 is 1.47 bits per heavy atom. The van der Waals surface area contributed by atoms with E-state index in [-0.39, 0.29) is 0 Å². The zero-order chi connectivity index (χ0) is 10.8. The predicted molar refractivity (Wildman–Crippen MR) is 64.7 cm³/mol. The lowest BCUT2D eigenvalue weighted by molar-refractivity contribution is 0.135. The van der Waals surface area contributed by atoms with Gasteiger partial charge in [-0.3, -0.25) is 4.90 Å². The van der Waals surface area contributed by atoms with Gasteiger partial charge in [-0.1, -0.05) is 13.8 Å². The second kappa shape index (κ2) is 4.49. The summed E-state index contributed by atoms with van der Waals surface area (Å²) in [5, 5.41) is 0.683. The molecule has 4 heteroatoms. The van der Waals surface area contributed by atoms with E-state index in [1.807, 2.05) is 6.20 Å². The molecule has 3 nitrogen and oxygen atoms in total. The summed E-state index contributed by atoms with van der Waals surface area (Å²) in [6, 6.07) is 0. The van der Waals surface area contributed by atoms with Crippen molar-refractivity contribution in [3.63, 3.8) is 0 Å². The van der Waals surface area contributed by atoms with Gasteiger partial charge in [0.2, 0.25) is 0 Å². The summed E-state index contributed by atoms with van der Waals surface area (Å²) in [5.74, 6) is 1.64. The molecule has 2 atom stereocenters. The minimum absolute atomic E-state index is 0.683. The van der Waals surface area contributed by atoms with E-state index >= 15 is 0 Å². The lowest BCUT2D eigenvalue weighted by atomic mass is 9.92. The van der Waals surface area contributed by atoms with Gasteiger partial charge in [0.05, 0.1) is 0 Å². The quantitative estimate of drug-likeness (QED) is 0.839. The lowest BCUT2D eigenvalue weighted by Gasteiger charge is -2.34. The minimum Gasteiger partial charge on any atom is -0.375 e. The number of nitrogen functional groups attached to an aromatic ring is 1. The first-order valence-electron chi connectivity index (χ1n) is 5.56. The second-order valence-electron chi connectivity index (χ2n) is 4.80. The Bertz CT molecular complexity index is 313. The van der Waals surface area contributed by atoms with Crippen LogP contribution in [0.4, 0.5) is 5.13 Å². The highest BCUT2D eigenvalue weighted by atomic mass is 32.1. The maximum atomic E-state index is 5.63. The third-order valence-electron chi connectivity index (χ3n) is 2.90. The fraction of sp³-hybridized carbons (Fsp3) is 0.727. The van der Waals surface area contributed by atoms with Crippen LogP contribution >= 0.6 is 11.3 Å². The Kier molecular flexibility index (Phi) is 3.26. The number of hydrogen-bond acceptors (Lipinski definition) is 4. The molecule has 1 aromatic heterocycles. The van der Waals surface area contributed by atoms with Crippen LogP contribution in [0.2, 0.25) is 0 Å². The van der Waals surface area contributed by atoms with E-state index in [0.29, 0.717) is 5.13 Å². The summed E-state index contributed by atoms with van der Waals surface area (Å²) < 4.78 is 0. The lowest BCUT2D eigenvalue weighted by Crippen LogP contribution is -2.37. The van der Waals surface area contributed by atoms with Crippen molar-refractivity contribution in [3.8, 4) is 0 Å². The monoisotopic (exact) mass is 225 g/mol. The van der Waals surface area contributed by atoms with Gasteiger partial charge in [0.25, 0.3) is 0 Å². The third-order valence-corrected chi connectivity index (χ3v) is 3.71. The van der Waals surface area contributed by atoms with E-state index in [1.165, 1.54) is 24.4 Å². The molecule has 0 aromatic carbocycles. The molecule has 2 rings (SSSR count). The molecule has 1 aliphatic heterocycles. The highest BCUT2D eigenvalue weighted by Crippen LogP contribution is 2.24. The molecule has 2 unspecified atom stereocenters. The number of nitrogens with zero attached hydrogens (tertiary/aromatic N) is 2. The molecule has 84 valence electrons. The topological polar surface area (TPSA) is 42.2 Å². The highest BCUT2D eigenvalue weighted by molar-refractivity contribution is 7.15. The molecule has 1 aliphatic rings. The fourth-order valence-electron chi connectivity index (χ4n) is 2.54. The largest absolute Gasteiger partial charge is 0.375 e. The van der Waals surface area contributed by atoms with Crippen molar-refractivity contribution in [1.82, 2.24) is 9.88 Å². The van der Waals surface area contributed by atoms with E-state index < -0.39 is 0 Å². The molecule has 0 bridgehead atoms. The van der Waals surface area contributed by atoms with Crippen LogP contribution in [0.5, 0.6) is 0 Å². The Morgan fingerprint density at radius 3 is 2.67 bits per heavy atom. The predicted octanol–water partition coefficient (Wildman–Crippen LogP) is 2.20. The molecular weight excluding hydrogens is 206 g/mol. The van der Waals surface area contributed by atoms with Crippen LogP contribution in [0.15, 0.2) is 6.20 Å². The van der Waals surface area contributed by atoms with Crippen LogP contribution in [-0.4, -0.2) is 23.0 Å². The van der Waals surface area contributed by atoms with Gasteiger partial charge in [0.1, 0.15) is 0 Å². The molecule has 15 heavy (non-hydrogen) atoms. The molecule has 0 aliphatic carbocycles. The standard InChI is InChI=1S/C11H19N3S/c1-8-3-9(2)6-14(5-8)7-10-4-13-11(12)15-10/h4,8-9H,3,5-7H2,1-2H3,(H2,12,13). The average Bonchev–Trinajstić information content (AvgIpc) is 2.49. The summed E-state index contributed by atoms with van der Waals surface area (Å²) in [7, 11) is 0. The molecule has 2 heterocycles. The fourth-order valence-corrected chi connectivity index (χ4v) is 3.26. The van der Waals surface area contributed by atoms with Gasteiger partial charge < -0.3 is 5.73 Å². The van der Waals surface area contributed by atoms with Crippen molar-refractivity contribution < 1.29 is 0 Å². The highest BCUT2D eigenvalue weighted by Gasteiger charge is 2.21. The normalized spacial score (nSPS) is 28.1. The van der Waals surface area contributed by atoms with Crippen molar-refractivity contribution in [2.75, 3.05) is 18.8 Å². The van der Waals surface area contributed by atoms with Gasteiger partial charge in [-0.05, 0) is 18.3 Å². The number of likely N-dealkylation sites (tertiary alicyclic amines) is 1. The maximum absolute atomic E-state index is 5.63. The SMILES string of the molecule is CC1CC(C)CN(Cc2cnc(N)s2)C1. The first-order valence-corrected chi connectivity index (χ1v) is 6.37. The zero-order valence-corrected chi connectivity index (χ0v) is 10.3. The summed E-state index contributed by atoms with van der Waals surface area (Å²) in [4.78, 5) is 7.90. The first kappa shape index (κ1) is 10.9. The van der Waals surface area contributed by atoms with Crippen LogP contribution in [0, 0.1) is 11.8 Å². The third kappa shape index (κ3) is 2.92. The number of hydrogen-bond donors (Lipinski definition) is 1. The number of thiazole rings is 1. The smallest absolute Gasteiger partial charge is 0.180 e. The van der Waals surface area contributed by atoms with Gasteiger partial charge in [-0.15, -0.1) is 11.3 Å². The number of piperidine rings is 1. The summed E-state index contributed by atoms with van der Waals surface area (Å²) in [5.41, 5.74) is 5.63.